The van der Waals surface area contributed by atoms with Gasteiger partial charge >= 0.3 is 0 Å². The Hall–Kier alpha value is -1.89. The Morgan fingerprint density at radius 2 is 1.72 bits per heavy atom. The molecule has 90 valence electrons. The smallest absolute Gasteiger partial charge is 0.159 e. The average Bonchev–Trinajstić information content (AvgIpc) is 2.74. The van der Waals surface area contributed by atoms with Crippen LogP contribution in [-0.4, -0.2) is 5.78 Å². The predicted molar refractivity (Wildman–Crippen MR) is 74.1 cm³/mol. The van der Waals surface area contributed by atoms with Gasteiger partial charge in [0, 0.05) is 5.56 Å². The number of hydrogen-bond acceptors (Lipinski definition) is 1. The number of fused-ring (bicyclic) bond motifs is 3. The number of hydrogen-bond donors (Lipinski definition) is 0. The van der Waals surface area contributed by atoms with E-state index in [0.29, 0.717) is 0 Å². The molecule has 0 saturated heterocycles. The van der Waals surface area contributed by atoms with Gasteiger partial charge in [-0.3, -0.25) is 4.79 Å². The fourth-order valence-corrected chi connectivity index (χ4v) is 2.70. The van der Waals surface area contributed by atoms with Crippen molar-refractivity contribution in [3.8, 4) is 11.1 Å². The summed E-state index contributed by atoms with van der Waals surface area (Å²) in [6.45, 7) is 3.80. The lowest BCUT2D eigenvalue weighted by Crippen LogP contribution is -1.93. The first-order valence-electron chi connectivity index (χ1n) is 6.45. The molecule has 1 heteroatoms. The van der Waals surface area contributed by atoms with Crippen molar-refractivity contribution in [2.45, 2.75) is 26.7 Å². The molecule has 3 rings (SSSR count). The van der Waals surface area contributed by atoms with Gasteiger partial charge in [0.2, 0.25) is 0 Å². The summed E-state index contributed by atoms with van der Waals surface area (Å²) < 4.78 is 0. The Kier molecular flexibility index (Phi) is 2.55. The molecule has 1 aliphatic carbocycles. The summed E-state index contributed by atoms with van der Waals surface area (Å²) in [5.74, 6) is 0.142. The second kappa shape index (κ2) is 4.09. The van der Waals surface area contributed by atoms with Gasteiger partial charge in [-0.2, -0.15) is 0 Å². The summed E-state index contributed by atoms with van der Waals surface area (Å²) in [4.78, 5) is 11.4. The Morgan fingerprint density at radius 3 is 2.39 bits per heavy atom. The van der Waals surface area contributed by atoms with Gasteiger partial charge in [0.25, 0.3) is 0 Å². The van der Waals surface area contributed by atoms with Crippen LogP contribution in [0, 0.1) is 0 Å². The first kappa shape index (κ1) is 11.2. The molecule has 2 aromatic carbocycles. The third-order valence-corrected chi connectivity index (χ3v) is 3.76. The van der Waals surface area contributed by atoms with Gasteiger partial charge in [-0.05, 0) is 53.6 Å². The molecule has 0 spiro atoms. The van der Waals surface area contributed by atoms with Crippen molar-refractivity contribution in [2.75, 3.05) is 0 Å². The van der Waals surface area contributed by atoms with E-state index in [-0.39, 0.29) is 5.78 Å². The quantitative estimate of drug-likeness (QED) is 0.614. The van der Waals surface area contributed by atoms with Crippen LogP contribution >= 0.6 is 0 Å². The van der Waals surface area contributed by atoms with Crippen LogP contribution in [-0.2, 0) is 12.8 Å². The number of rotatable bonds is 2. The van der Waals surface area contributed by atoms with Crippen molar-refractivity contribution in [1.29, 1.82) is 0 Å². The van der Waals surface area contributed by atoms with Gasteiger partial charge in [0.1, 0.15) is 0 Å². The molecule has 0 fully saturated rings. The zero-order valence-electron chi connectivity index (χ0n) is 10.8. The van der Waals surface area contributed by atoms with Crippen molar-refractivity contribution in [1.82, 2.24) is 0 Å². The highest BCUT2D eigenvalue weighted by atomic mass is 16.1. The van der Waals surface area contributed by atoms with Crippen molar-refractivity contribution >= 4 is 5.78 Å². The van der Waals surface area contributed by atoms with Crippen molar-refractivity contribution in [2.24, 2.45) is 0 Å². The first-order chi connectivity index (χ1) is 8.69. The SMILES string of the molecule is CCc1ccc2c(c1)Cc1cc(C(C)=O)ccc1-2. The number of benzene rings is 2. The molecular formula is C17H16O. The highest BCUT2D eigenvalue weighted by Gasteiger charge is 2.19. The maximum absolute atomic E-state index is 11.4. The predicted octanol–water partition coefficient (Wildman–Crippen LogP) is 4.02. The Bertz CT molecular complexity index is 638. The molecule has 1 aliphatic rings. The molecule has 18 heavy (non-hydrogen) atoms. The third kappa shape index (κ3) is 1.67. The maximum atomic E-state index is 11.4. The van der Waals surface area contributed by atoms with Crippen LogP contribution < -0.4 is 0 Å². The minimum atomic E-state index is 0.142. The minimum Gasteiger partial charge on any atom is -0.295 e. The Balaban J connectivity index is 2.10. The van der Waals surface area contributed by atoms with E-state index in [9.17, 15) is 4.79 Å². The monoisotopic (exact) mass is 236 g/mol. The lowest BCUT2D eigenvalue weighted by atomic mass is 10.0. The van der Waals surface area contributed by atoms with E-state index in [1.54, 1.807) is 6.92 Å². The molecule has 0 N–H and O–H groups in total. The molecule has 0 aliphatic heterocycles. The zero-order valence-corrected chi connectivity index (χ0v) is 10.8. The molecule has 0 amide bonds. The highest BCUT2D eigenvalue weighted by molar-refractivity contribution is 5.95. The van der Waals surface area contributed by atoms with Gasteiger partial charge in [0.15, 0.2) is 5.78 Å². The highest BCUT2D eigenvalue weighted by Crippen LogP contribution is 2.37. The van der Waals surface area contributed by atoms with Gasteiger partial charge in [0.05, 0.1) is 0 Å². The van der Waals surface area contributed by atoms with Crippen LogP contribution in [0.5, 0.6) is 0 Å². The van der Waals surface area contributed by atoms with Crippen LogP contribution in [0.15, 0.2) is 36.4 Å². The van der Waals surface area contributed by atoms with Crippen LogP contribution in [0.2, 0.25) is 0 Å². The van der Waals surface area contributed by atoms with E-state index >= 15 is 0 Å². The molecule has 0 unspecified atom stereocenters. The topological polar surface area (TPSA) is 17.1 Å². The summed E-state index contributed by atoms with van der Waals surface area (Å²) in [5.41, 5.74) is 7.50. The van der Waals surface area contributed by atoms with Gasteiger partial charge in [-0.1, -0.05) is 37.3 Å². The molecule has 0 bridgehead atoms. The molecule has 0 atom stereocenters. The van der Waals surface area contributed by atoms with Gasteiger partial charge < -0.3 is 0 Å². The zero-order chi connectivity index (χ0) is 12.7. The first-order valence-corrected chi connectivity index (χ1v) is 6.45. The van der Waals surface area contributed by atoms with E-state index in [2.05, 4.69) is 31.2 Å². The molecule has 0 saturated carbocycles. The van der Waals surface area contributed by atoms with Crippen LogP contribution in [0.3, 0.4) is 0 Å². The van der Waals surface area contributed by atoms with E-state index < -0.39 is 0 Å². The Morgan fingerprint density at radius 1 is 1.06 bits per heavy atom. The fraction of sp³-hybridized carbons (Fsp3) is 0.235. The molecule has 0 heterocycles. The summed E-state index contributed by atoms with van der Waals surface area (Å²) in [7, 11) is 0. The van der Waals surface area contributed by atoms with Crippen LogP contribution in [0.1, 0.15) is 40.9 Å². The molecule has 2 aromatic rings. The lowest BCUT2D eigenvalue weighted by molar-refractivity contribution is 0.101. The molecule has 0 aromatic heterocycles. The summed E-state index contributed by atoms with van der Waals surface area (Å²) in [5, 5.41) is 0. The second-order valence-electron chi connectivity index (χ2n) is 4.95. The average molecular weight is 236 g/mol. The van der Waals surface area contributed by atoms with Crippen LogP contribution in [0.25, 0.3) is 11.1 Å². The summed E-state index contributed by atoms with van der Waals surface area (Å²) in [6, 6.07) is 12.8. The molecular weight excluding hydrogens is 220 g/mol. The summed E-state index contributed by atoms with van der Waals surface area (Å²) >= 11 is 0. The van der Waals surface area contributed by atoms with Crippen molar-refractivity contribution < 1.29 is 4.79 Å². The minimum absolute atomic E-state index is 0.142. The van der Waals surface area contributed by atoms with E-state index in [4.69, 9.17) is 0 Å². The number of carbonyl (C=O) groups excluding carboxylic acids is 1. The van der Waals surface area contributed by atoms with E-state index in [1.807, 2.05) is 12.1 Å². The molecule has 0 radical (unpaired) electrons. The number of carbonyl (C=O) groups is 1. The third-order valence-electron chi connectivity index (χ3n) is 3.76. The van der Waals surface area contributed by atoms with E-state index in [0.717, 1.165) is 18.4 Å². The summed E-state index contributed by atoms with van der Waals surface area (Å²) in [6.07, 6.45) is 2.03. The van der Waals surface area contributed by atoms with Gasteiger partial charge in [-0.15, -0.1) is 0 Å². The van der Waals surface area contributed by atoms with E-state index in [1.165, 1.54) is 27.8 Å². The standard InChI is InChI=1S/C17H16O/c1-3-12-4-6-16-14(8-12)10-15-9-13(11(2)18)5-7-17(15)16/h4-9H,3,10H2,1-2H3. The fourth-order valence-electron chi connectivity index (χ4n) is 2.70. The maximum Gasteiger partial charge on any atom is 0.159 e. The van der Waals surface area contributed by atoms with Crippen molar-refractivity contribution in [3.63, 3.8) is 0 Å². The molecule has 1 nitrogen and oxygen atoms in total. The van der Waals surface area contributed by atoms with Crippen LogP contribution in [0.4, 0.5) is 0 Å². The normalized spacial score (nSPS) is 12.1. The van der Waals surface area contributed by atoms with Gasteiger partial charge in [-0.25, -0.2) is 0 Å². The Labute approximate surface area is 107 Å². The number of ketones is 1. The second-order valence-corrected chi connectivity index (χ2v) is 4.95. The number of Topliss-reactive ketones (excluding diaryl/α,β-unsaturated/α-hetero) is 1. The lowest BCUT2D eigenvalue weighted by Gasteiger charge is -2.03. The number of aryl methyl sites for hydroxylation is 1. The largest absolute Gasteiger partial charge is 0.295 e. The van der Waals surface area contributed by atoms with Crippen molar-refractivity contribution in [3.05, 3.63) is 58.7 Å².